The van der Waals surface area contributed by atoms with Gasteiger partial charge in [0.25, 0.3) is 0 Å². The third-order valence-electron chi connectivity index (χ3n) is 4.98. The SMILES string of the molecule is COC(=O)c1nc(NC(=O)CC2(n3cccc3)CCOCC2)sc1CC(C)C. The van der Waals surface area contributed by atoms with Crippen molar-refractivity contribution in [3.63, 3.8) is 0 Å². The molecule has 0 spiro atoms. The highest BCUT2D eigenvalue weighted by molar-refractivity contribution is 7.16. The molecule has 0 unspecified atom stereocenters. The Bertz CT molecular complexity index is 808. The van der Waals surface area contributed by atoms with Crippen LogP contribution in [0.4, 0.5) is 5.13 Å². The summed E-state index contributed by atoms with van der Waals surface area (Å²) in [5.74, 6) is -0.218. The molecule has 3 heterocycles. The molecule has 2 aromatic rings. The molecular weight excluding hydrogens is 378 g/mol. The lowest BCUT2D eigenvalue weighted by Crippen LogP contribution is -2.42. The highest BCUT2D eigenvalue weighted by Crippen LogP contribution is 2.34. The molecule has 1 fully saturated rings. The molecule has 1 aliphatic rings. The lowest BCUT2D eigenvalue weighted by atomic mass is 9.86. The van der Waals surface area contributed by atoms with Crippen molar-refractivity contribution in [1.29, 1.82) is 0 Å². The molecular formula is C20H27N3O4S. The summed E-state index contributed by atoms with van der Waals surface area (Å²) in [6.07, 6.45) is 6.59. The van der Waals surface area contributed by atoms with E-state index in [0.717, 1.165) is 17.7 Å². The monoisotopic (exact) mass is 405 g/mol. The Hall–Kier alpha value is -2.19. The van der Waals surface area contributed by atoms with Gasteiger partial charge in [0.2, 0.25) is 5.91 Å². The molecule has 0 bridgehead atoms. The highest BCUT2D eigenvalue weighted by Gasteiger charge is 2.36. The molecule has 1 saturated heterocycles. The van der Waals surface area contributed by atoms with Gasteiger partial charge in [0.05, 0.1) is 19.1 Å². The van der Waals surface area contributed by atoms with Crippen LogP contribution in [0.3, 0.4) is 0 Å². The molecule has 7 nitrogen and oxygen atoms in total. The molecule has 0 atom stereocenters. The minimum atomic E-state index is -0.472. The number of amides is 1. The van der Waals surface area contributed by atoms with Gasteiger partial charge in [-0.25, -0.2) is 9.78 Å². The lowest BCUT2D eigenvalue weighted by Gasteiger charge is -2.38. The zero-order valence-corrected chi connectivity index (χ0v) is 17.4. The molecule has 8 heteroatoms. The topological polar surface area (TPSA) is 82.5 Å². The van der Waals surface area contributed by atoms with Crippen molar-refractivity contribution in [3.8, 4) is 0 Å². The van der Waals surface area contributed by atoms with Gasteiger partial charge in [0.15, 0.2) is 10.8 Å². The van der Waals surface area contributed by atoms with Crippen LogP contribution in [0.5, 0.6) is 0 Å². The van der Waals surface area contributed by atoms with Gasteiger partial charge in [0.1, 0.15) is 0 Å². The predicted molar refractivity (Wildman–Crippen MR) is 108 cm³/mol. The van der Waals surface area contributed by atoms with Gasteiger partial charge in [-0.1, -0.05) is 13.8 Å². The van der Waals surface area contributed by atoms with E-state index >= 15 is 0 Å². The van der Waals surface area contributed by atoms with Gasteiger partial charge in [-0.3, -0.25) is 4.79 Å². The van der Waals surface area contributed by atoms with E-state index in [0.29, 0.717) is 42.8 Å². The molecule has 1 amide bonds. The number of ether oxygens (including phenoxy) is 2. The molecule has 28 heavy (non-hydrogen) atoms. The van der Waals surface area contributed by atoms with Gasteiger partial charge in [-0.05, 0) is 37.3 Å². The summed E-state index contributed by atoms with van der Waals surface area (Å²) < 4.78 is 12.5. The van der Waals surface area contributed by atoms with Gasteiger partial charge in [0, 0.05) is 30.5 Å². The van der Waals surface area contributed by atoms with Crippen molar-refractivity contribution in [1.82, 2.24) is 9.55 Å². The number of nitrogens with zero attached hydrogens (tertiary/aromatic N) is 2. The first-order chi connectivity index (χ1) is 13.4. The van der Waals surface area contributed by atoms with Crippen LogP contribution in [0.25, 0.3) is 0 Å². The van der Waals surface area contributed by atoms with E-state index in [1.165, 1.54) is 18.4 Å². The predicted octanol–water partition coefficient (Wildman–Crippen LogP) is 3.46. The number of esters is 1. The number of carbonyl (C=O) groups excluding carboxylic acids is 2. The van der Waals surface area contributed by atoms with Crippen molar-refractivity contribution in [2.24, 2.45) is 5.92 Å². The summed E-state index contributed by atoms with van der Waals surface area (Å²) in [6.45, 7) is 5.41. The number of carbonyl (C=O) groups is 2. The summed E-state index contributed by atoms with van der Waals surface area (Å²) in [5.41, 5.74) is -0.00244. The van der Waals surface area contributed by atoms with Crippen LogP contribution in [0.1, 0.15) is 48.5 Å². The number of rotatable bonds is 7. The smallest absolute Gasteiger partial charge is 0.357 e. The Balaban J connectivity index is 1.76. The fourth-order valence-electron chi connectivity index (χ4n) is 3.56. The van der Waals surface area contributed by atoms with Crippen molar-refractivity contribution < 1.29 is 19.1 Å². The first kappa shape index (κ1) is 20.5. The number of nitrogens with one attached hydrogen (secondary N) is 1. The number of hydrogen-bond donors (Lipinski definition) is 1. The van der Waals surface area contributed by atoms with Crippen LogP contribution >= 0.6 is 11.3 Å². The van der Waals surface area contributed by atoms with Gasteiger partial charge in [-0.15, -0.1) is 11.3 Å². The summed E-state index contributed by atoms with van der Waals surface area (Å²) >= 11 is 1.34. The zero-order chi connectivity index (χ0) is 20.1. The highest BCUT2D eigenvalue weighted by atomic mass is 32.1. The normalized spacial score (nSPS) is 16.1. The molecule has 0 saturated carbocycles. The summed E-state index contributed by atoms with van der Waals surface area (Å²) in [4.78, 5) is 30.0. The minimum absolute atomic E-state index is 0.114. The van der Waals surface area contributed by atoms with Gasteiger partial charge < -0.3 is 19.4 Å². The van der Waals surface area contributed by atoms with E-state index in [4.69, 9.17) is 9.47 Å². The second-order valence-electron chi connectivity index (χ2n) is 7.53. The number of anilines is 1. The third kappa shape index (κ3) is 4.62. The van der Waals surface area contributed by atoms with Crippen LogP contribution in [0, 0.1) is 5.92 Å². The van der Waals surface area contributed by atoms with Crippen LogP contribution in [-0.2, 0) is 26.2 Å². The largest absolute Gasteiger partial charge is 0.464 e. The van der Waals surface area contributed by atoms with Crippen molar-refractivity contribution in [2.45, 2.75) is 45.1 Å². The fourth-order valence-corrected chi connectivity index (χ4v) is 4.74. The molecule has 0 aromatic carbocycles. The van der Waals surface area contributed by atoms with Crippen molar-refractivity contribution in [2.75, 3.05) is 25.6 Å². The van der Waals surface area contributed by atoms with Gasteiger partial charge >= 0.3 is 5.97 Å². The number of thiazole rings is 1. The van der Waals surface area contributed by atoms with Crippen LogP contribution in [0.15, 0.2) is 24.5 Å². The number of methoxy groups -OCH3 is 1. The Morgan fingerprint density at radius 3 is 2.61 bits per heavy atom. The summed E-state index contributed by atoms with van der Waals surface area (Å²) in [6, 6.07) is 3.94. The van der Waals surface area contributed by atoms with Crippen LogP contribution in [-0.4, -0.2) is 41.8 Å². The second-order valence-corrected chi connectivity index (χ2v) is 8.62. The number of hydrogen-bond acceptors (Lipinski definition) is 6. The second kappa shape index (κ2) is 8.87. The fraction of sp³-hybridized carbons (Fsp3) is 0.550. The molecule has 0 aliphatic carbocycles. The first-order valence-electron chi connectivity index (χ1n) is 9.52. The van der Waals surface area contributed by atoms with Crippen LogP contribution < -0.4 is 5.32 Å². The molecule has 152 valence electrons. The molecule has 1 aliphatic heterocycles. The summed E-state index contributed by atoms with van der Waals surface area (Å²) in [5, 5.41) is 3.34. The number of aromatic nitrogens is 2. The Morgan fingerprint density at radius 2 is 2.00 bits per heavy atom. The maximum atomic E-state index is 12.8. The minimum Gasteiger partial charge on any atom is -0.464 e. The van der Waals surface area contributed by atoms with E-state index in [-0.39, 0.29) is 11.4 Å². The molecule has 1 N–H and O–H groups in total. The maximum absolute atomic E-state index is 12.8. The quantitative estimate of drug-likeness (QED) is 0.714. The first-order valence-corrected chi connectivity index (χ1v) is 10.3. The Morgan fingerprint density at radius 1 is 1.32 bits per heavy atom. The molecule has 2 aromatic heterocycles. The Labute approximate surface area is 169 Å². The average molecular weight is 406 g/mol. The lowest BCUT2D eigenvalue weighted by molar-refractivity contribution is -0.119. The zero-order valence-electron chi connectivity index (χ0n) is 16.6. The van der Waals surface area contributed by atoms with E-state index in [9.17, 15) is 9.59 Å². The Kier molecular flexibility index (Phi) is 6.51. The van der Waals surface area contributed by atoms with E-state index in [2.05, 4.69) is 28.7 Å². The van der Waals surface area contributed by atoms with Crippen LogP contribution in [0.2, 0.25) is 0 Å². The molecule has 3 rings (SSSR count). The maximum Gasteiger partial charge on any atom is 0.357 e. The standard InChI is InChI=1S/C20H27N3O4S/c1-14(2)12-15-17(18(25)26-3)22-19(28-15)21-16(24)13-20(6-10-27-11-7-20)23-8-4-5-9-23/h4-5,8-9,14H,6-7,10-13H2,1-3H3,(H,21,22,24). The average Bonchev–Trinajstić information content (AvgIpc) is 3.32. The van der Waals surface area contributed by atoms with E-state index in [1.54, 1.807) is 0 Å². The summed E-state index contributed by atoms with van der Waals surface area (Å²) in [7, 11) is 1.34. The van der Waals surface area contributed by atoms with Crippen molar-refractivity contribution >= 4 is 28.3 Å². The van der Waals surface area contributed by atoms with E-state index < -0.39 is 5.97 Å². The third-order valence-corrected chi connectivity index (χ3v) is 5.97. The van der Waals surface area contributed by atoms with E-state index in [1.807, 2.05) is 24.5 Å². The molecule has 0 radical (unpaired) electrons. The van der Waals surface area contributed by atoms with Gasteiger partial charge in [-0.2, -0.15) is 0 Å². The van der Waals surface area contributed by atoms with Crippen molar-refractivity contribution in [3.05, 3.63) is 35.1 Å².